The summed E-state index contributed by atoms with van der Waals surface area (Å²) in [5.74, 6) is 0.511. The fraction of sp³-hybridized carbons (Fsp3) is 0.500. The number of aliphatic imine (C=N–C) groups is 1. The van der Waals surface area contributed by atoms with Gasteiger partial charge in [-0.05, 0) is 38.5 Å². The maximum atomic E-state index is 11.5. The first-order valence-corrected chi connectivity index (χ1v) is 9.59. The number of ether oxygens (including phenoxy) is 1. The Morgan fingerprint density at radius 1 is 1.19 bits per heavy atom. The van der Waals surface area contributed by atoms with Crippen LogP contribution in [0.5, 0.6) is 0 Å². The fourth-order valence-electron chi connectivity index (χ4n) is 1.90. The summed E-state index contributed by atoms with van der Waals surface area (Å²) in [4.78, 5) is 15.6. The number of primary sulfonamides is 1. The maximum Gasteiger partial charge on any atom is 0.407 e. The molecule has 1 aromatic carbocycles. The van der Waals surface area contributed by atoms with Crippen molar-refractivity contribution in [1.82, 2.24) is 16.0 Å². The van der Waals surface area contributed by atoms with E-state index in [9.17, 15) is 13.2 Å². The van der Waals surface area contributed by atoms with Crippen molar-refractivity contribution in [2.75, 3.05) is 20.1 Å². The number of benzene rings is 1. The van der Waals surface area contributed by atoms with Gasteiger partial charge < -0.3 is 20.7 Å². The quantitative estimate of drug-likeness (QED) is 0.320. The molecule has 0 radical (unpaired) electrons. The van der Waals surface area contributed by atoms with Gasteiger partial charge in [-0.25, -0.2) is 18.4 Å². The number of carbonyl (C=O) groups excluding carboxylic acids is 1. The van der Waals surface area contributed by atoms with E-state index in [1.54, 1.807) is 40.0 Å². The van der Waals surface area contributed by atoms with E-state index in [1.165, 1.54) is 12.1 Å². The van der Waals surface area contributed by atoms with Crippen LogP contribution in [0.25, 0.3) is 0 Å². The van der Waals surface area contributed by atoms with Crippen LogP contribution in [-0.2, 0) is 21.3 Å². The molecule has 1 aromatic rings. The molecule has 0 aliphatic carbocycles. The number of hydrogen-bond acceptors (Lipinski definition) is 5. The van der Waals surface area contributed by atoms with Crippen molar-refractivity contribution >= 4 is 22.1 Å². The zero-order valence-electron chi connectivity index (χ0n) is 15.5. The second kappa shape index (κ2) is 9.39. The van der Waals surface area contributed by atoms with Crippen LogP contribution in [0.2, 0.25) is 0 Å². The first kappa shape index (κ1) is 21.7. The third-order valence-electron chi connectivity index (χ3n) is 3.00. The minimum atomic E-state index is -3.73. The average Bonchev–Trinajstić information content (AvgIpc) is 2.52. The lowest BCUT2D eigenvalue weighted by atomic mass is 10.2. The van der Waals surface area contributed by atoms with Gasteiger partial charge in [0.25, 0.3) is 0 Å². The van der Waals surface area contributed by atoms with Crippen LogP contribution >= 0.6 is 0 Å². The molecular formula is C16H27N5O4S. The number of guanidine groups is 1. The average molecular weight is 385 g/mol. The van der Waals surface area contributed by atoms with E-state index < -0.39 is 21.7 Å². The van der Waals surface area contributed by atoms with Crippen molar-refractivity contribution in [3.8, 4) is 0 Å². The van der Waals surface area contributed by atoms with Gasteiger partial charge >= 0.3 is 6.09 Å². The first-order valence-electron chi connectivity index (χ1n) is 8.04. The highest BCUT2D eigenvalue weighted by Gasteiger charge is 2.15. The van der Waals surface area contributed by atoms with Gasteiger partial charge in [-0.3, -0.25) is 4.99 Å². The molecule has 10 heteroatoms. The minimum absolute atomic E-state index is 0.0568. The molecule has 0 saturated heterocycles. The van der Waals surface area contributed by atoms with E-state index in [0.29, 0.717) is 25.6 Å². The normalized spacial score (nSPS) is 12.4. The molecule has 0 aliphatic rings. The predicted octanol–water partition coefficient (Wildman–Crippen LogP) is 0.524. The SMILES string of the molecule is CN=C(NCCNC(=O)OC(C)(C)C)NCc1cccc(S(N)(=O)=O)c1. The molecule has 5 N–H and O–H groups in total. The minimum Gasteiger partial charge on any atom is -0.444 e. The van der Waals surface area contributed by atoms with Crippen LogP contribution in [0.1, 0.15) is 26.3 Å². The van der Waals surface area contributed by atoms with Crippen molar-refractivity contribution in [3.05, 3.63) is 29.8 Å². The van der Waals surface area contributed by atoms with Gasteiger partial charge in [-0.15, -0.1) is 0 Å². The Morgan fingerprint density at radius 2 is 1.85 bits per heavy atom. The third kappa shape index (κ3) is 8.67. The largest absolute Gasteiger partial charge is 0.444 e. The molecule has 1 rings (SSSR count). The van der Waals surface area contributed by atoms with Gasteiger partial charge in [-0.1, -0.05) is 12.1 Å². The molecule has 0 bridgehead atoms. The van der Waals surface area contributed by atoms with E-state index in [0.717, 1.165) is 5.56 Å². The van der Waals surface area contributed by atoms with Crippen LogP contribution < -0.4 is 21.1 Å². The highest BCUT2D eigenvalue weighted by molar-refractivity contribution is 7.89. The van der Waals surface area contributed by atoms with Crippen LogP contribution in [0.4, 0.5) is 4.79 Å². The Bertz CT molecular complexity index is 741. The van der Waals surface area contributed by atoms with E-state index in [-0.39, 0.29) is 4.90 Å². The molecule has 0 aliphatic heterocycles. The smallest absolute Gasteiger partial charge is 0.407 e. The Hall–Kier alpha value is -2.33. The van der Waals surface area contributed by atoms with Crippen molar-refractivity contribution in [2.45, 2.75) is 37.8 Å². The van der Waals surface area contributed by atoms with Crippen molar-refractivity contribution in [2.24, 2.45) is 10.1 Å². The number of nitrogens with two attached hydrogens (primary N) is 1. The number of sulfonamides is 1. The van der Waals surface area contributed by atoms with Crippen LogP contribution in [0, 0.1) is 0 Å². The second-order valence-electron chi connectivity index (χ2n) is 6.47. The number of carbonyl (C=O) groups is 1. The van der Waals surface area contributed by atoms with Crippen LogP contribution in [0.15, 0.2) is 34.2 Å². The Labute approximate surface area is 154 Å². The maximum absolute atomic E-state index is 11.5. The molecule has 26 heavy (non-hydrogen) atoms. The summed E-state index contributed by atoms with van der Waals surface area (Å²) >= 11 is 0. The van der Waals surface area contributed by atoms with Gasteiger partial charge in [0.2, 0.25) is 10.0 Å². The van der Waals surface area contributed by atoms with Gasteiger partial charge in [0.15, 0.2) is 5.96 Å². The third-order valence-corrected chi connectivity index (χ3v) is 3.91. The molecule has 1 amide bonds. The zero-order valence-corrected chi connectivity index (χ0v) is 16.3. The zero-order chi connectivity index (χ0) is 19.8. The van der Waals surface area contributed by atoms with Gasteiger partial charge in [-0.2, -0.15) is 0 Å². The number of alkyl carbamates (subject to hydrolysis) is 1. The first-order chi connectivity index (χ1) is 12.0. The van der Waals surface area contributed by atoms with Gasteiger partial charge in [0.05, 0.1) is 4.90 Å². The molecule has 0 aromatic heterocycles. The Morgan fingerprint density at radius 3 is 2.42 bits per heavy atom. The molecule has 146 valence electrons. The van der Waals surface area contributed by atoms with Crippen molar-refractivity contribution in [1.29, 1.82) is 0 Å². The molecule has 0 atom stereocenters. The van der Waals surface area contributed by atoms with Crippen LogP contribution in [-0.4, -0.2) is 46.2 Å². The summed E-state index contributed by atoms with van der Waals surface area (Å²) in [5, 5.41) is 13.8. The molecule has 0 heterocycles. The summed E-state index contributed by atoms with van der Waals surface area (Å²) < 4.78 is 27.9. The molecule has 0 spiro atoms. The van der Waals surface area contributed by atoms with E-state index >= 15 is 0 Å². The van der Waals surface area contributed by atoms with Crippen molar-refractivity contribution < 1.29 is 17.9 Å². The highest BCUT2D eigenvalue weighted by Crippen LogP contribution is 2.09. The highest BCUT2D eigenvalue weighted by atomic mass is 32.2. The summed E-state index contributed by atoms with van der Waals surface area (Å²) in [5.41, 5.74) is 0.201. The number of rotatable bonds is 6. The lowest BCUT2D eigenvalue weighted by Crippen LogP contribution is -2.42. The standard InChI is InChI=1S/C16H27N5O4S/c1-16(2,3)25-15(22)20-9-8-19-14(18-4)21-11-12-6-5-7-13(10-12)26(17,23)24/h5-7,10H,8-9,11H2,1-4H3,(H,20,22)(H2,17,23,24)(H2,18,19,21). The van der Waals surface area contributed by atoms with Gasteiger partial charge in [0, 0.05) is 26.7 Å². The van der Waals surface area contributed by atoms with Crippen LogP contribution in [0.3, 0.4) is 0 Å². The summed E-state index contributed by atoms with van der Waals surface area (Å²) in [7, 11) is -2.13. The number of hydrogen-bond donors (Lipinski definition) is 4. The molecular weight excluding hydrogens is 358 g/mol. The summed E-state index contributed by atoms with van der Waals surface area (Å²) in [6.07, 6.45) is -0.484. The molecule has 0 fully saturated rings. The summed E-state index contributed by atoms with van der Waals surface area (Å²) in [6, 6.07) is 6.34. The lowest BCUT2D eigenvalue weighted by molar-refractivity contribution is 0.0529. The van der Waals surface area contributed by atoms with E-state index in [1.807, 2.05) is 0 Å². The Balaban J connectivity index is 2.41. The molecule has 0 unspecified atom stereocenters. The molecule has 0 saturated carbocycles. The summed E-state index contributed by atoms with van der Waals surface area (Å²) in [6.45, 7) is 6.54. The number of nitrogens with one attached hydrogen (secondary N) is 3. The number of nitrogens with zero attached hydrogens (tertiary/aromatic N) is 1. The second-order valence-corrected chi connectivity index (χ2v) is 8.04. The molecule has 9 nitrogen and oxygen atoms in total. The fourth-order valence-corrected chi connectivity index (χ4v) is 2.48. The van der Waals surface area contributed by atoms with E-state index in [4.69, 9.17) is 9.88 Å². The predicted molar refractivity (Wildman–Crippen MR) is 100 cm³/mol. The van der Waals surface area contributed by atoms with Gasteiger partial charge in [0.1, 0.15) is 5.60 Å². The Kier molecular flexibility index (Phi) is 7.84. The topological polar surface area (TPSA) is 135 Å². The number of amides is 1. The lowest BCUT2D eigenvalue weighted by Gasteiger charge is -2.20. The van der Waals surface area contributed by atoms with Crippen molar-refractivity contribution in [3.63, 3.8) is 0 Å². The van der Waals surface area contributed by atoms with E-state index in [2.05, 4.69) is 20.9 Å². The monoisotopic (exact) mass is 385 g/mol.